The second-order valence-corrected chi connectivity index (χ2v) is 6.44. The average Bonchev–Trinajstić information content (AvgIpc) is 2.97. The summed E-state index contributed by atoms with van der Waals surface area (Å²) in [5, 5.41) is 10.4. The lowest BCUT2D eigenvalue weighted by molar-refractivity contribution is -0.136. The number of aryl methyl sites for hydroxylation is 2. The van der Waals surface area contributed by atoms with E-state index in [1.807, 2.05) is 26.0 Å². The van der Waals surface area contributed by atoms with Crippen molar-refractivity contribution in [2.75, 3.05) is 21.3 Å². The number of nitrogens with one attached hydrogen (secondary N) is 1. The number of aromatic nitrogens is 1. The highest BCUT2D eigenvalue weighted by Crippen LogP contribution is 2.46. The normalized spacial score (nSPS) is 10.9. The number of aromatic amines is 1. The maximum absolute atomic E-state index is 11.6. The zero-order chi connectivity index (χ0) is 19.7. The van der Waals surface area contributed by atoms with Gasteiger partial charge < -0.3 is 24.3 Å². The monoisotopic (exact) mass is 369 g/mol. The standard InChI is InChI=1S/C21H23NO5/c1-11-8-12(2)18-14(10-17(23)24)19(22-15(18)9-11)13-6-7-16(25-3)21(27-5)20(13)26-4/h6-9,22H,10H2,1-5H3,(H,23,24). The van der Waals surface area contributed by atoms with Gasteiger partial charge in [0.2, 0.25) is 5.75 Å². The number of rotatable bonds is 6. The molecule has 3 rings (SSSR count). The first-order valence-electron chi connectivity index (χ1n) is 8.54. The van der Waals surface area contributed by atoms with Gasteiger partial charge in [-0.25, -0.2) is 0 Å². The van der Waals surface area contributed by atoms with Crippen LogP contribution in [0.3, 0.4) is 0 Å². The molecule has 6 nitrogen and oxygen atoms in total. The molecule has 0 aliphatic rings. The Morgan fingerprint density at radius 1 is 1.04 bits per heavy atom. The van der Waals surface area contributed by atoms with Crippen LogP contribution in [0.2, 0.25) is 0 Å². The fourth-order valence-electron chi connectivity index (χ4n) is 3.66. The summed E-state index contributed by atoms with van der Waals surface area (Å²) in [4.78, 5) is 15.0. The number of H-pyrrole nitrogens is 1. The van der Waals surface area contributed by atoms with Crippen LogP contribution in [0.4, 0.5) is 0 Å². The van der Waals surface area contributed by atoms with Gasteiger partial charge in [0.15, 0.2) is 11.5 Å². The van der Waals surface area contributed by atoms with Crippen LogP contribution < -0.4 is 14.2 Å². The van der Waals surface area contributed by atoms with Crippen LogP contribution in [0, 0.1) is 13.8 Å². The molecule has 6 heteroatoms. The molecule has 0 aliphatic carbocycles. The fraction of sp³-hybridized carbons (Fsp3) is 0.286. The fourth-order valence-corrected chi connectivity index (χ4v) is 3.66. The molecule has 0 spiro atoms. The minimum Gasteiger partial charge on any atom is -0.493 e. The van der Waals surface area contributed by atoms with Crippen LogP contribution in [-0.2, 0) is 11.2 Å². The summed E-state index contributed by atoms with van der Waals surface area (Å²) in [5.41, 5.74) is 5.19. The molecule has 0 amide bonds. The van der Waals surface area contributed by atoms with Gasteiger partial charge in [0.05, 0.1) is 33.4 Å². The Labute approximate surface area is 157 Å². The quantitative estimate of drug-likeness (QED) is 0.684. The number of carboxylic acids is 1. The maximum atomic E-state index is 11.6. The lowest BCUT2D eigenvalue weighted by atomic mass is 9.98. The summed E-state index contributed by atoms with van der Waals surface area (Å²) in [6, 6.07) is 7.70. The first-order valence-corrected chi connectivity index (χ1v) is 8.54. The van der Waals surface area contributed by atoms with E-state index in [1.165, 1.54) is 0 Å². The van der Waals surface area contributed by atoms with Crippen LogP contribution in [0.25, 0.3) is 22.2 Å². The second-order valence-electron chi connectivity index (χ2n) is 6.44. The smallest absolute Gasteiger partial charge is 0.307 e. The third kappa shape index (κ3) is 3.18. The number of hydrogen-bond acceptors (Lipinski definition) is 4. The molecule has 0 aliphatic heterocycles. The van der Waals surface area contributed by atoms with Crippen LogP contribution in [-0.4, -0.2) is 37.4 Å². The molecule has 2 aromatic carbocycles. The van der Waals surface area contributed by atoms with E-state index in [2.05, 4.69) is 11.1 Å². The van der Waals surface area contributed by atoms with E-state index in [0.717, 1.165) is 33.2 Å². The SMILES string of the molecule is COc1ccc(-c2[nH]c3cc(C)cc(C)c3c2CC(=O)O)c(OC)c1OC. The molecule has 27 heavy (non-hydrogen) atoms. The van der Waals surface area contributed by atoms with Crippen molar-refractivity contribution in [3.8, 4) is 28.5 Å². The van der Waals surface area contributed by atoms with Crippen molar-refractivity contribution in [2.45, 2.75) is 20.3 Å². The van der Waals surface area contributed by atoms with Crippen molar-refractivity contribution >= 4 is 16.9 Å². The first kappa shape index (κ1) is 18.6. The van der Waals surface area contributed by atoms with E-state index < -0.39 is 5.97 Å². The Morgan fingerprint density at radius 2 is 1.74 bits per heavy atom. The van der Waals surface area contributed by atoms with E-state index in [0.29, 0.717) is 22.9 Å². The van der Waals surface area contributed by atoms with E-state index in [-0.39, 0.29) is 6.42 Å². The zero-order valence-corrected chi connectivity index (χ0v) is 16.1. The minimum absolute atomic E-state index is 0.100. The van der Waals surface area contributed by atoms with Crippen LogP contribution >= 0.6 is 0 Å². The largest absolute Gasteiger partial charge is 0.493 e. The summed E-state index contributed by atoms with van der Waals surface area (Å²) in [5.74, 6) is 0.604. The van der Waals surface area contributed by atoms with Crippen LogP contribution in [0.15, 0.2) is 24.3 Å². The number of aliphatic carboxylic acids is 1. The molecule has 0 unspecified atom stereocenters. The number of hydrogen-bond donors (Lipinski definition) is 2. The van der Waals surface area contributed by atoms with Gasteiger partial charge in [-0.05, 0) is 48.7 Å². The summed E-state index contributed by atoms with van der Waals surface area (Å²) in [6.07, 6.45) is -0.100. The molecule has 0 saturated heterocycles. The second kappa shape index (κ2) is 7.23. The number of carbonyl (C=O) groups is 1. The Kier molecular flexibility index (Phi) is 4.99. The molecule has 0 radical (unpaired) electrons. The zero-order valence-electron chi connectivity index (χ0n) is 16.1. The Balaban J connectivity index is 2.37. The Bertz CT molecular complexity index is 1020. The van der Waals surface area contributed by atoms with Gasteiger partial charge in [0.25, 0.3) is 0 Å². The van der Waals surface area contributed by atoms with Gasteiger partial charge in [0, 0.05) is 16.5 Å². The van der Waals surface area contributed by atoms with Crippen LogP contribution in [0.5, 0.6) is 17.2 Å². The molecular weight excluding hydrogens is 346 g/mol. The summed E-state index contributed by atoms with van der Waals surface area (Å²) in [6.45, 7) is 4.00. The maximum Gasteiger partial charge on any atom is 0.307 e. The number of benzene rings is 2. The topological polar surface area (TPSA) is 80.8 Å². The molecule has 0 atom stereocenters. The van der Waals surface area contributed by atoms with Gasteiger partial charge in [0.1, 0.15) is 0 Å². The number of ether oxygens (including phenoxy) is 3. The molecule has 0 saturated carbocycles. The molecule has 2 N–H and O–H groups in total. The molecule has 1 aromatic heterocycles. The number of fused-ring (bicyclic) bond motifs is 1. The number of methoxy groups -OCH3 is 3. The van der Waals surface area contributed by atoms with E-state index in [4.69, 9.17) is 14.2 Å². The van der Waals surface area contributed by atoms with Crippen molar-refractivity contribution in [1.29, 1.82) is 0 Å². The molecule has 3 aromatic rings. The highest BCUT2D eigenvalue weighted by Gasteiger charge is 2.23. The van der Waals surface area contributed by atoms with Gasteiger partial charge in [-0.3, -0.25) is 4.79 Å². The summed E-state index contributed by atoms with van der Waals surface area (Å²) >= 11 is 0. The van der Waals surface area contributed by atoms with Gasteiger partial charge in [-0.1, -0.05) is 6.07 Å². The Hall–Kier alpha value is -3.15. The lowest BCUT2D eigenvalue weighted by Crippen LogP contribution is -2.03. The first-order chi connectivity index (χ1) is 12.9. The van der Waals surface area contributed by atoms with E-state index in [1.54, 1.807) is 27.4 Å². The van der Waals surface area contributed by atoms with Crippen molar-refractivity contribution in [3.63, 3.8) is 0 Å². The van der Waals surface area contributed by atoms with Gasteiger partial charge >= 0.3 is 5.97 Å². The Morgan fingerprint density at radius 3 is 2.33 bits per heavy atom. The lowest BCUT2D eigenvalue weighted by Gasteiger charge is -2.16. The highest BCUT2D eigenvalue weighted by molar-refractivity contribution is 5.97. The average molecular weight is 369 g/mol. The highest BCUT2D eigenvalue weighted by atomic mass is 16.5. The third-order valence-electron chi connectivity index (χ3n) is 4.64. The minimum atomic E-state index is -0.892. The summed E-state index contributed by atoms with van der Waals surface area (Å²) < 4.78 is 16.4. The van der Waals surface area contributed by atoms with Crippen molar-refractivity contribution in [2.24, 2.45) is 0 Å². The predicted octanol–water partition coefficient (Wildman–Crippen LogP) is 4.10. The van der Waals surface area contributed by atoms with E-state index >= 15 is 0 Å². The molecule has 0 bridgehead atoms. The molecule has 0 fully saturated rings. The van der Waals surface area contributed by atoms with E-state index in [9.17, 15) is 9.90 Å². The van der Waals surface area contributed by atoms with Crippen molar-refractivity contribution < 1.29 is 24.1 Å². The van der Waals surface area contributed by atoms with Gasteiger partial charge in [-0.2, -0.15) is 0 Å². The summed E-state index contributed by atoms with van der Waals surface area (Å²) in [7, 11) is 4.65. The third-order valence-corrected chi connectivity index (χ3v) is 4.64. The van der Waals surface area contributed by atoms with Crippen molar-refractivity contribution in [3.05, 3.63) is 41.0 Å². The molecule has 142 valence electrons. The molecular formula is C21H23NO5. The molecule has 1 heterocycles. The van der Waals surface area contributed by atoms with Crippen LogP contribution in [0.1, 0.15) is 16.7 Å². The van der Waals surface area contributed by atoms with Gasteiger partial charge in [-0.15, -0.1) is 0 Å². The van der Waals surface area contributed by atoms with Crippen molar-refractivity contribution in [1.82, 2.24) is 4.98 Å². The number of carboxylic acid groups (broad SMARTS) is 1. The predicted molar refractivity (Wildman–Crippen MR) is 104 cm³/mol.